The summed E-state index contributed by atoms with van der Waals surface area (Å²) >= 11 is 0. The summed E-state index contributed by atoms with van der Waals surface area (Å²) in [6, 6.07) is 34.4. The molecule has 0 unspecified atom stereocenters. The molecule has 0 aliphatic carbocycles. The fourth-order valence-corrected chi connectivity index (χ4v) is 10.4. The summed E-state index contributed by atoms with van der Waals surface area (Å²) in [4.78, 5) is 55.3. The highest BCUT2D eigenvalue weighted by molar-refractivity contribution is 7.95. The first kappa shape index (κ1) is 34.3. The fourth-order valence-electron chi connectivity index (χ4n) is 6.20. The number of benzene rings is 4. The average Bonchev–Trinajstić information content (AvgIpc) is 3.10. The number of esters is 1. The summed E-state index contributed by atoms with van der Waals surface area (Å²) < 4.78 is 6.33. The second kappa shape index (κ2) is 15.2. The lowest BCUT2D eigenvalue weighted by molar-refractivity contribution is -0.157. The topological polar surface area (TPSA) is 113 Å². The molecule has 8 nitrogen and oxygen atoms in total. The number of aliphatic hydroxyl groups excluding tert-OH is 1. The fraction of sp³-hybridized carbons (Fsp3) is 0.205. The van der Waals surface area contributed by atoms with E-state index in [0.29, 0.717) is 17.7 Å². The molecule has 1 saturated heterocycles. The number of hydrogen-bond donors (Lipinski definition) is 2. The monoisotopic (exact) mass is 662 g/mol. The van der Waals surface area contributed by atoms with E-state index in [1.165, 1.54) is 17.9 Å². The van der Waals surface area contributed by atoms with Crippen LogP contribution < -0.4 is 21.2 Å². The quantitative estimate of drug-likeness (QED) is 0.0721. The number of ketones is 1. The van der Waals surface area contributed by atoms with Gasteiger partial charge >= 0.3 is 5.97 Å². The second-order valence-electron chi connectivity index (χ2n) is 11.5. The van der Waals surface area contributed by atoms with E-state index in [1.54, 1.807) is 24.3 Å². The summed E-state index contributed by atoms with van der Waals surface area (Å²) in [7, 11) is 0. The number of β-lactam (4-membered cyclic amide) rings is 1. The van der Waals surface area contributed by atoms with Gasteiger partial charge in [-0.1, -0.05) is 109 Å². The van der Waals surface area contributed by atoms with Crippen LogP contribution in [0.1, 0.15) is 47.4 Å². The number of likely N-dealkylation sites (tertiary alicyclic amines) is 1. The molecule has 2 N–H and O–H groups in total. The van der Waals surface area contributed by atoms with Crippen molar-refractivity contribution in [3.63, 3.8) is 0 Å². The SMILES string of the molecule is C=CCC(=O)OC(N1C(=O)[C@H]([C@@H](C)O)[C@H]1CC(=O)c1ccc(C(=O)NCC)cc1)=P(c1ccccc1)(c1ccccc1)c1ccccc1. The average molecular weight is 663 g/mol. The first-order valence-electron chi connectivity index (χ1n) is 15.9. The van der Waals surface area contributed by atoms with Crippen LogP contribution in [0.25, 0.3) is 0 Å². The van der Waals surface area contributed by atoms with E-state index in [-0.39, 0.29) is 30.1 Å². The van der Waals surface area contributed by atoms with Crippen LogP contribution in [0, 0.1) is 5.92 Å². The maximum Gasteiger partial charge on any atom is 0.316 e. The van der Waals surface area contributed by atoms with Gasteiger partial charge in [-0.15, -0.1) is 6.58 Å². The van der Waals surface area contributed by atoms with Gasteiger partial charge in [-0.3, -0.25) is 24.1 Å². The molecule has 4 aromatic rings. The minimum absolute atomic E-state index is 0.106. The number of nitrogens with zero attached hydrogens (tertiary/aromatic N) is 1. The number of carbonyl (C=O) groups excluding carboxylic acids is 4. The van der Waals surface area contributed by atoms with Gasteiger partial charge in [0, 0.05) is 31.0 Å². The molecule has 1 aliphatic heterocycles. The molecule has 1 aliphatic rings. The third kappa shape index (κ3) is 6.68. The van der Waals surface area contributed by atoms with Gasteiger partial charge < -0.3 is 15.2 Å². The molecule has 9 heteroatoms. The third-order valence-corrected chi connectivity index (χ3v) is 12.5. The van der Waals surface area contributed by atoms with E-state index in [2.05, 4.69) is 11.9 Å². The summed E-state index contributed by atoms with van der Waals surface area (Å²) in [5, 5.41) is 16.1. The Bertz CT molecular complexity index is 1740. The number of rotatable bonds is 13. The number of ether oxygens (including phenoxy) is 1. The van der Waals surface area contributed by atoms with Gasteiger partial charge in [0.2, 0.25) is 11.5 Å². The zero-order valence-electron chi connectivity index (χ0n) is 27.0. The lowest BCUT2D eigenvalue weighted by Gasteiger charge is -2.50. The highest BCUT2D eigenvalue weighted by atomic mass is 31.2. The molecule has 5 rings (SSSR count). The van der Waals surface area contributed by atoms with Crippen molar-refractivity contribution in [1.82, 2.24) is 10.2 Å². The number of Topliss-reactive ketones (excluding diaryl/α,β-unsaturated/α-hetero) is 1. The highest BCUT2D eigenvalue weighted by Gasteiger charge is 2.55. The molecular formula is C39H39N2O6P. The first-order valence-corrected chi connectivity index (χ1v) is 17.7. The molecule has 0 bridgehead atoms. The number of aliphatic hydroxyl groups is 1. The number of nitrogens with one attached hydrogen (secondary N) is 1. The van der Waals surface area contributed by atoms with Gasteiger partial charge in [0.25, 0.3) is 5.91 Å². The zero-order valence-corrected chi connectivity index (χ0v) is 27.9. The Kier molecular flexibility index (Phi) is 10.9. The molecule has 4 aromatic carbocycles. The van der Waals surface area contributed by atoms with Crippen LogP contribution in [0.15, 0.2) is 128 Å². The number of carbonyl (C=O) groups is 4. The maximum atomic E-state index is 14.2. The second-order valence-corrected chi connectivity index (χ2v) is 14.8. The summed E-state index contributed by atoms with van der Waals surface area (Å²) in [5.41, 5.74) is 0.903. The zero-order chi connectivity index (χ0) is 34.3. The van der Waals surface area contributed by atoms with Crippen LogP contribution in [-0.4, -0.2) is 57.9 Å². The maximum absolute atomic E-state index is 14.2. The molecule has 246 valence electrons. The minimum Gasteiger partial charge on any atom is -0.408 e. The van der Waals surface area contributed by atoms with Gasteiger partial charge in [0.1, 0.15) is 0 Å². The van der Waals surface area contributed by atoms with Crippen LogP contribution in [0.5, 0.6) is 0 Å². The van der Waals surface area contributed by atoms with E-state index < -0.39 is 36.8 Å². The molecule has 0 saturated carbocycles. The molecule has 2 amide bonds. The van der Waals surface area contributed by atoms with Crippen molar-refractivity contribution in [2.45, 2.75) is 38.8 Å². The smallest absolute Gasteiger partial charge is 0.316 e. The summed E-state index contributed by atoms with van der Waals surface area (Å²) in [6.07, 6.45) is 0.110. The van der Waals surface area contributed by atoms with E-state index >= 15 is 0 Å². The normalized spacial score (nSPS) is 16.3. The van der Waals surface area contributed by atoms with E-state index in [4.69, 9.17) is 4.74 Å². The minimum atomic E-state index is -3.13. The van der Waals surface area contributed by atoms with Crippen LogP contribution in [0.2, 0.25) is 0 Å². The van der Waals surface area contributed by atoms with Crippen molar-refractivity contribution in [1.29, 1.82) is 0 Å². The molecule has 1 heterocycles. The van der Waals surface area contributed by atoms with E-state index in [0.717, 1.165) is 15.9 Å². The van der Waals surface area contributed by atoms with Gasteiger partial charge in [-0.2, -0.15) is 0 Å². The Hall–Kier alpha value is -5.04. The lowest BCUT2D eigenvalue weighted by atomic mass is 9.80. The number of amides is 2. The Morgan fingerprint density at radius 2 is 1.33 bits per heavy atom. The molecular weight excluding hydrogens is 623 g/mol. The van der Waals surface area contributed by atoms with Crippen LogP contribution >= 0.6 is 6.89 Å². The van der Waals surface area contributed by atoms with Gasteiger partial charge in [-0.25, -0.2) is 0 Å². The van der Waals surface area contributed by atoms with Crippen molar-refractivity contribution < 1.29 is 29.0 Å². The lowest BCUT2D eigenvalue weighted by Crippen LogP contribution is -2.67. The predicted molar refractivity (Wildman–Crippen MR) is 190 cm³/mol. The Balaban J connectivity index is 1.75. The molecule has 0 spiro atoms. The molecule has 0 aromatic heterocycles. The van der Waals surface area contributed by atoms with Gasteiger partial charge in [-0.05, 0) is 41.9 Å². The van der Waals surface area contributed by atoms with Crippen molar-refractivity contribution >= 4 is 52.0 Å². The summed E-state index contributed by atoms with van der Waals surface area (Å²) in [5.74, 6) is -2.49. The standard InChI is InChI=1S/C39H39N2O6P/c1-4-15-35(44)47-39(48(30-16-9-6-10-17-30,31-18-11-7-12-19-31)32-20-13-8-14-21-32)41-33(36(27(3)42)38(41)46)26-34(43)28-22-24-29(25-23-28)37(45)40-5-2/h4,6-14,16-25,27,33,36,42H,1,5,15,26H2,2-3H3,(H,40,45)/t27-,33-,36-/m1/s1. The molecule has 0 radical (unpaired) electrons. The van der Waals surface area contributed by atoms with Crippen LogP contribution in [-0.2, 0) is 14.3 Å². The van der Waals surface area contributed by atoms with Crippen molar-refractivity contribution in [3.8, 4) is 0 Å². The van der Waals surface area contributed by atoms with Crippen molar-refractivity contribution in [3.05, 3.63) is 139 Å². The molecule has 48 heavy (non-hydrogen) atoms. The first-order chi connectivity index (χ1) is 23.2. The highest BCUT2D eigenvalue weighted by Crippen LogP contribution is 2.50. The van der Waals surface area contributed by atoms with Gasteiger partial charge in [0.15, 0.2) is 5.78 Å². The Morgan fingerprint density at radius 3 is 1.77 bits per heavy atom. The Labute approximate surface area is 281 Å². The van der Waals surface area contributed by atoms with Gasteiger partial charge in [0.05, 0.1) is 24.5 Å². The van der Waals surface area contributed by atoms with Crippen molar-refractivity contribution in [2.75, 3.05) is 6.54 Å². The van der Waals surface area contributed by atoms with Crippen molar-refractivity contribution in [2.24, 2.45) is 5.92 Å². The number of hydrogen-bond acceptors (Lipinski definition) is 6. The van der Waals surface area contributed by atoms with Crippen LogP contribution in [0.3, 0.4) is 0 Å². The molecule has 1 fully saturated rings. The Morgan fingerprint density at radius 1 is 0.854 bits per heavy atom. The van der Waals surface area contributed by atoms with E-state index in [1.807, 2.05) is 97.9 Å². The van der Waals surface area contributed by atoms with E-state index in [9.17, 15) is 24.3 Å². The molecule has 3 atom stereocenters. The largest absolute Gasteiger partial charge is 0.408 e. The summed E-state index contributed by atoms with van der Waals surface area (Å²) in [6.45, 7) is 4.40. The van der Waals surface area contributed by atoms with Crippen LogP contribution in [0.4, 0.5) is 0 Å². The third-order valence-electron chi connectivity index (χ3n) is 8.43. The predicted octanol–water partition coefficient (Wildman–Crippen LogP) is 4.42.